The van der Waals surface area contributed by atoms with Crippen molar-refractivity contribution in [3.63, 3.8) is 0 Å². The van der Waals surface area contributed by atoms with Gasteiger partial charge in [-0.2, -0.15) is 0 Å². The fourth-order valence-electron chi connectivity index (χ4n) is 2.38. The van der Waals surface area contributed by atoms with E-state index in [0.29, 0.717) is 12.0 Å². The molecule has 0 saturated heterocycles. The van der Waals surface area contributed by atoms with Crippen LogP contribution in [0.1, 0.15) is 30.0 Å². The number of hydrogen-bond donors (Lipinski definition) is 2. The number of aryl methyl sites for hydroxylation is 1. The molecule has 1 aliphatic carbocycles. The van der Waals surface area contributed by atoms with Crippen molar-refractivity contribution in [3.8, 4) is 5.75 Å². The molecule has 0 aliphatic heterocycles. The van der Waals surface area contributed by atoms with E-state index in [1.54, 1.807) is 7.11 Å². The monoisotopic (exact) mass is 220 g/mol. The van der Waals surface area contributed by atoms with Crippen LogP contribution in [0.25, 0.3) is 0 Å². The van der Waals surface area contributed by atoms with Gasteiger partial charge in [0, 0.05) is 12.1 Å². The molecule has 3 nitrogen and oxygen atoms in total. The summed E-state index contributed by atoms with van der Waals surface area (Å²) in [6, 6.07) is 6.64. The molecule has 1 aromatic carbocycles. The van der Waals surface area contributed by atoms with E-state index < -0.39 is 0 Å². The number of nitrogens with two attached hydrogens (primary N) is 2. The third-order valence-corrected chi connectivity index (χ3v) is 3.52. The summed E-state index contributed by atoms with van der Waals surface area (Å²) in [6.07, 6.45) is 2.10. The van der Waals surface area contributed by atoms with Crippen LogP contribution in [0.2, 0.25) is 0 Å². The Morgan fingerprint density at radius 2 is 2.06 bits per heavy atom. The van der Waals surface area contributed by atoms with Crippen LogP contribution in [0.5, 0.6) is 5.75 Å². The molecule has 1 aromatic rings. The first-order valence-corrected chi connectivity index (χ1v) is 5.77. The van der Waals surface area contributed by atoms with E-state index in [-0.39, 0.29) is 6.04 Å². The average molecular weight is 220 g/mol. The van der Waals surface area contributed by atoms with Crippen molar-refractivity contribution in [1.82, 2.24) is 0 Å². The van der Waals surface area contributed by atoms with Gasteiger partial charge in [-0.15, -0.1) is 0 Å². The Kier molecular flexibility index (Phi) is 3.17. The van der Waals surface area contributed by atoms with E-state index in [2.05, 4.69) is 12.1 Å². The third-order valence-electron chi connectivity index (χ3n) is 3.52. The summed E-state index contributed by atoms with van der Waals surface area (Å²) in [5.74, 6) is 1.46. The van der Waals surface area contributed by atoms with Crippen LogP contribution in [0, 0.1) is 12.8 Å². The number of hydrogen-bond acceptors (Lipinski definition) is 3. The average Bonchev–Trinajstić information content (AvgIpc) is 2.24. The van der Waals surface area contributed by atoms with E-state index in [1.807, 2.05) is 13.0 Å². The molecular weight excluding hydrogens is 200 g/mol. The summed E-state index contributed by atoms with van der Waals surface area (Å²) in [6.45, 7) is 2.04. The molecule has 4 N–H and O–H groups in total. The van der Waals surface area contributed by atoms with Gasteiger partial charge in [-0.3, -0.25) is 0 Å². The second kappa shape index (κ2) is 4.44. The van der Waals surface area contributed by atoms with Gasteiger partial charge in [0.15, 0.2) is 0 Å². The SMILES string of the molecule is COc1ccc(C(N)C2CC(N)C2)cc1C. The Hall–Kier alpha value is -1.06. The van der Waals surface area contributed by atoms with Gasteiger partial charge in [0.05, 0.1) is 7.11 Å². The van der Waals surface area contributed by atoms with E-state index in [0.717, 1.165) is 24.2 Å². The Labute approximate surface area is 96.8 Å². The van der Waals surface area contributed by atoms with E-state index in [1.165, 1.54) is 5.56 Å². The minimum Gasteiger partial charge on any atom is -0.496 e. The number of ether oxygens (including phenoxy) is 1. The largest absolute Gasteiger partial charge is 0.496 e. The first-order valence-electron chi connectivity index (χ1n) is 5.77. The van der Waals surface area contributed by atoms with Gasteiger partial charge in [-0.25, -0.2) is 0 Å². The molecule has 0 heterocycles. The smallest absolute Gasteiger partial charge is 0.121 e. The topological polar surface area (TPSA) is 61.3 Å². The van der Waals surface area contributed by atoms with Crippen LogP contribution >= 0.6 is 0 Å². The van der Waals surface area contributed by atoms with Crippen LogP contribution < -0.4 is 16.2 Å². The standard InChI is InChI=1S/C13H20N2O/c1-8-5-9(3-4-12(8)16-2)13(15)10-6-11(14)7-10/h3-5,10-11,13H,6-7,14-15H2,1-2H3. The molecule has 0 aromatic heterocycles. The van der Waals surface area contributed by atoms with Crippen molar-refractivity contribution in [3.05, 3.63) is 29.3 Å². The van der Waals surface area contributed by atoms with Crippen LogP contribution in [-0.2, 0) is 0 Å². The van der Waals surface area contributed by atoms with Gasteiger partial charge in [0.2, 0.25) is 0 Å². The second-order valence-corrected chi connectivity index (χ2v) is 4.75. The quantitative estimate of drug-likeness (QED) is 0.815. The number of rotatable bonds is 3. The van der Waals surface area contributed by atoms with Crippen molar-refractivity contribution < 1.29 is 4.74 Å². The highest BCUT2D eigenvalue weighted by molar-refractivity contribution is 5.37. The maximum atomic E-state index is 6.23. The van der Waals surface area contributed by atoms with Crippen LogP contribution in [-0.4, -0.2) is 13.2 Å². The van der Waals surface area contributed by atoms with E-state index in [9.17, 15) is 0 Å². The van der Waals surface area contributed by atoms with Gasteiger partial charge in [0.1, 0.15) is 5.75 Å². The Morgan fingerprint density at radius 3 is 2.56 bits per heavy atom. The van der Waals surface area contributed by atoms with Crippen molar-refractivity contribution in [2.75, 3.05) is 7.11 Å². The first-order chi connectivity index (χ1) is 7.61. The Bertz CT molecular complexity index is 372. The third kappa shape index (κ3) is 2.06. The lowest BCUT2D eigenvalue weighted by Crippen LogP contribution is -2.41. The molecule has 1 unspecified atom stereocenters. The molecule has 1 atom stereocenters. The Morgan fingerprint density at radius 1 is 1.38 bits per heavy atom. The van der Waals surface area contributed by atoms with Gasteiger partial charge in [0.25, 0.3) is 0 Å². The molecular formula is C13H20N2O. The van der Waals surface area contributed by atoms with Crippen LogP contribution in [0.3, 0.4) is 0 Å². The summed E-state index contributed by atoms with van der Waals surface area (Å²) >= 11 is 0. The van der Waals surface area contributed by atoms with E-state index >= 15 is 0 Å². The predicted molar refractivity (Wildman–Crippen MR) is 65.4 cm³/mol. The Balaban J connectivity index is 2.11. The zero-order valence-electron chi connectivity index (χ0n) is 9.94. The first kappa shape index (κ1) is 11.4. The minimum absolute atomic E-state index is 0.115. The second-order valence-electron chi connectivity index (χ2n) is 4.75. The molecule has 0 amide bonds. The number of benzene rings is 1. The zero-order chi connectivity index (χ0) is 11.7. The molecule has 3 heteroatoms. The lowest BCUT2D eigenvalue weighted by Gasteiger charge is -2.37. The molecule has 1 fully saturated rings. The van der Waals surface area contributed by atoms with Gasteiger partial charge in [-0.05, 0) is 42.9 Å². The van der Waals surface area contributed by atoms with Crippen molar-refractivity contribution >= 4 is 0 Å². The van der Waals surface area contributed by atoms with Gasteiger partial charge >= 0.3 is 0 Å². The van der Waals surface area contributed by atoms with Crippen LogP contribution in [0.4, 0.5) is 0 Å². The molecule has 1 saturated carbocycles. The maximum Gasteiger partial charge on any atom is 0.121 e. The highest BCUT2D eigenvalue weighted by Gasteiger charge is 2.31. The molecule has 0 bridgehead atoms. The van der Waals surface area contributed by atoms with Crippen molar-refractivity contribution in [2.45, 2.75) is 31.8 Å². The normalized spacial score (nSPS) is 26.0. The summed E-state index contributed by atoms with van der Waals surface area (Å²) in [7, 11) is 1.69. The van der Waals surface area contributed by atoms with Gasteiger partial charge < -0.3 is 16.2 Å². The highest BCUT2D eigenvalue weighted by Crippen LogP contribution is 2.36. The molecule has 16 heavy (non-hydrogen) atoms. The fourth-order valence-corrected chi connectivity index (χ4v) is 2.38. The van der Waals surface area contributed by atoms with Crippen molar-refractivity contribution in [2.24, 2.45) is 17.4 Å². The molecule has 0 spiro atoms. The summed E-state index contributed by atoms with van der Waals surface area (Å²) in [4.78, 5) is 0. The maximum absolute atomic E-state index is 6.23. The number of methoxy groups -OCH3 is 1. The molecule has 1 aliphatic rings. The minimum atomic E-state index is 0.115. The zero-order valence-corrected chi connectivity index (χ0v) is 9.94. The molecule has 2 rings (SSSR count). The highest BCUT2D eigenvalue weighted by atomic mass is 16.5. The molecule has 88 valence electrons. The summed E-state index contributed by atoms with van der Waals surface area (Å²) < 4.78 is 5.24. The summed E-state index contributed by atoms with van der Waals surface area (Å²) in [5, 5.41) is 0. The summed E-state index contributed by atoms with van der Waals surface area (Å²) in [5.41, 5.74) is 14.3. The predicted octanol–water partition coefficient (Wildman–Crippen LogP) is 1.74. The fraction of sp³-hybridized carbons (Fsp3) is 0.538. The van der Waals surface area contributed by atoms with Gasteiger partial charge in [-0.1, -0.05) is 12.1 Å². The molecule has 0 radical (unpaired) electrons. The van der Waals surface area contributed by atoms with Crippen LogP contribution in [0.15, 0.2) is 18.2 Å². The lowest BCUT2D eigenvalue weighted by atomic mass is 9.74. The lowest BCUT2D eigenvalue weighted by molar-refractivity contribution is 0.224. The van der Waals surface area contributed by atoms with Crippen molar-refractivity contribution in [1.29, 1.82) is 0 Å². The van der Waals surface area contributed by atoms with E-state index in [4.69, 9.17) is 16.2 Å².